The lowest BCUT2D eigenvalue weighted by Crippen LogP contribution is -2.24. The number of nitrogens with zero attached hydrogens (tertiary/aromatic N) is 2. The van der Waals surface area contributed by atoms with Gasteiger partial charge in [0.15, 0.2) is 0 Å². The molecule has 1 aromatic heterocycles. The Morgan fingerprint density at radius 3 is 2.42 bits per heavy atom. The van der Waals surface area contributed by atoms with Gasteiger partial charge in [0.1, 0.15) is 5.82 Å². The Bertz CT molecular complexity index is 555. The van der Waals surface area contributed by atoms with Gasteiger partial charge in [-0.2, -0.15) is 0 Å². The molecule has 0 aliphatic carbocycles. The molecule has 0 bridgehead atoms. The summed E-state index contributed by atoms with van der Waals surface area (Å²) in [6, 6.07) is 5.49. The van der Waals surface area contributed by atoms with Gasteiger partial charge in [0, 0.05) is 12.4 Å². The van der Waals surface area contributed by atoms with Crippen LogP contribution in [0.4, 0.5) is 0 Å². The van der Waals surface area contributed by atoms with Crippen LogP contribution in [0.2, 0.25) is 10.0 Å². The van der Waals surface area contributed by atoms with Crippen molar-refractivity contribution in [3.63, 3.8) is 0 Å². The van der Waals surface area contributed by atoms with Crippen LogP contribution in [0.5, 0.6) is 0 Å². The molecule has 19 heavy (non-hydrogen) atoms. The van der Waals surface area contributed by atoms with Crippen LogP contribution in [-0.2, 0) is 0 Å². The zero-order valence-corrected chi connectivity index (χ0v) is 12.3. The Hall–Kier alpha value is -1.16. The molecule has 1 N–H and O–H groups in total. The van der Waals surface area contributed by atoms with Crippen molar-refractivity contribution in [2.45, 2.75) is 19.9 Å². The second-order valence-electron chi connectivity index (χ2n) is 4.28. The summed E-state index contributed by atoms with van der Waals surface area (Å²) in [6.07, 6.45) is 3.62. The predicted octanol–water partition coefficient (Wildman–Crippen LogP) is 3.79. The lowest BCUT2D eigenvalue weighted by atomic mass is 10.1. The van der Waals surface area contributed by atoms with E-state index in [0.717, 1.165) is 23.5 Å². The molecule has 0 amide bonds. The maximum atomic E-state index is 6.07. The smallest absolute Gasteiger partial charge is 0.149 e. The van der Waals surface area contributed by atoms with Crippen molar-refractivity contribution in [2.24, 2.45) is 0 Å². The minimum atomic E-state index is -0.0830. The van der Waals surface area contributed by atoms with Gasteiger partial charge in [-0.05, 0) is 36.7 Å². The molecule has 5 heteroatoms. The first kappa shape index (κ1) is 14.3. The van der Waals surface area contributed by atoms with Crippen LogP contribution in [0, 0.1) is 6.92 Å². The van der Waals surface area contributed by atoms with Crippen molar-refractivity contribution in [3.8, 4) is 0 Å². The highest BCUT2D eigenvalue weighted by atomic mass is 35.5. The molecule has 0 saturated carbocycles. The minimum absolute atomic E-state index is 0.0830. The van der Waals surface area contributed by atoms with Gasteiger partial charge >= 0.3 is 0 Å². The van der Waals surface area contributed by atoms with E-state index < -0.39 is 0 Å². The zero-order chi connectivity index (χ0) is 13.8. The average Bonchev–Trinajstić information content (AvgIpc) is 2.41. The van der Waals surface area contributed by atoms with Gasteiger partial charge in [-0.25, -0.2) is 9.97 Å². The summed E-state index contributed by atoms with van der Waals surface area (Å²) in [6.45, 7) is 4.81. The number of aromatic nitrogens is 2. The molecular weight excluding hydrogens is 281 g/mol. The van der Waals surface area contributed by atoms with E-state index in [2.05, 4.69) is 15.3 Å². The number of nitrogens with one attached hydrogen (secondary N) is 1. The highest BCUT2D eigenvalue weighted by molar-refractivity contribution is 6.42. The number of halogens is 2. The molecule has 1 atom stereocenters. The third-order valence-corrected chi connectivity index (χ3v) is 3.48. The third-order valence-electron chi connectivity index (χ3n) is 2.74. The monoisotopic (exact) mass is 295 g/mol. The summed E-state index contributed by atoms with van der Waals surface area (Å²) in [5.41, 5.74) is 2.04. The molecule has 3 nitrogen and oxygen atoms in total. The van der Waals surface area contributed by atoms with Gasteiger partial charge < -0.3 is 5.32 Å². The molecule has 1 unspecified atom stereocenters. The maximum Gasteiger partial charge on any atom is 0.149 e. The maximum absolute atomic E-state index is 6.07. The largest absolute Gasteiger partial charge is 0.304 e. The molecule has 2 aromatic rings. The van der Waals surface area contributed by atoms with E-state index in [1.54, 1.807) is 6.07 Å². The summed E-state index contributed by atoms with van der Waals surface area (Å²) in [5, 5.41) is 4.44. The molecule has 0 fully saturated rings. The number of aryl methyl sites for hydroxylation is 1. The topological polar surface area (TPSA) is 37.8 Å². The fourth-order valence-corrected chi connectivity index (χ4v) is 2.11. The highest BCUT2D eigenvalue weighted by Gasteiger charge is 2.16. The van der Waals surface area contributed by atoms with Crippen molar-refractivity contribution in [3.05, 3.63) is 57.6 Å². The molecule has 0 saturated heterocycles. The number of rotatable bonds is 4. The van der Waals surface area contributed by atoms with Crippen molar-refractivity contribution in [1.82, 2.24) is 15.3 Å². The van der Waals surface area contributed by atoms with Gasteiger partial charge in [-0.15, -0.1) is 0 Å². The van der Waals surface area contributed by atoms with Crippen LogP contribution < -0.4 is 5.32 Å². The standard InChI is InChI=1S/C14H15Cl2N3/c1-3-17-13(14-18-7-9(2)8-19-14)10-4-5-11(15)12(16)6-10/h4-8,13,17H,3H2,1-2H3. The van der Waals surface area contributed by atoms with E-state index in [9.17, 15) is 0 Å². The SMILES string of the molecule is CCNC(c1ccc(Cl)c(Cl)c1)c1ncc(C)cn1. The van der Waals surface area contributed by atoms with Crippen LogP contribution >= 0.6 is 23.2 Å². The van der Waals surface area contributed by atoms with Crippen LogP contribution in [-0.4, -0.2) is 16.5 Å². The molecule has 100 valence electrons. The Morgan fingerprint density at radius 2 is 1.84 bits per heavy atom. The summed E-state index contributed by atoms with van der Waals surface area (Å²) in [7, 11) is 0. The Morgan fingerprint density at radius 1 is 1.16 bits per heavy atom. The van der Waals surface area contributed by atoms with Crippen molar-refractivity contribution in [2.75, 3.05) is 6.54 Å². The van der Waals surface area contributed by atoms with Crippen LogP contribution in [0.25, 0.3) is 0 Å². The molecule has 1 aromatic carbocycles. The third kappa shape index (κ3) is 3.44. The lowest BCUT2D eigenvalue weighted by molar-refractivity contribution is 0.596. The van der Waals surface area contributed by atoms with E-state index in [-0.39, 0.29) is 6.04 Å². The van der Waals surface area contributed by atoms with Crippen molar-refractivity contribution < 1.29 is 0 Å². The van der Waals surface area contributed by atoms with Gasteiger partial charge in [-0.1, -0.05) is 36.2 Å². The number of hydrogen-bond acceptors (Lipinski definition) is 3. The van der Waals surface area contributed by atoms with E-state index in [1.165, 1.54) is 0 Å². The minimum Gasteiger partial charge on any atom is -0.304 e. The summed E-state index contributed by atoms with van der Waals surface area (Å²) in [4.78, 5) is 8.75. The first-order valence-electron chi connectivity index (χ1n) is 6.08. The van der Waals surface area contributed by atoms with Gasteiger partial charge in [0.25, 0.3) is 0 Å². The van der Waals surface area contributed by atoms with E-state index in [0.29, 0.717) is 10.0 Å². The Kier molecular flexibility index (Phi) is 4.75. The van der Waals surface area contributed by atoms with Gasteiger partial charge in [-0.3, -0.25) is 0 Å². The first-order valence-corrected chi connectivity index (χ1v) is 6.84. The summed E-state index contributed by atoms with van der Waals surface area (Å²) in [5.74, 6) is 0.728. The zero-order valence-electron chi connectivity index (χ0n) is 10.8. The van der Waals surface area contributed by atoms with Crippen molar-refractivity contribution >= 4 is 23.2 Å². The van der Waals surface area contributed by atoms with Crippen LogP contribution in [0.3, 0.4) is 0 Å². The Labute approximate surface area is 123 Å². The van der Waals surface area contributed by atoms with E-state index in [1.807, 2.05) is 38.4 Å². The molecule has 0 aliphatic heterocycles. The fraction of sp³-hybridized carbons (Fsp3) is 0.286. The van der Waals surface area contributed by atoms with E-state index >= 15 is 0 Å². The molecule has 0 spiro atoms. The number of hydrogen-bond donors (Lipinski definition) is 1. The second kappa shape index (κ2) is 6.33. The molecule has 1 heterocycles. The van der Waals surface area contributed by atoms with Crippen molar-refractivity contribution in [1.29, 1.82) is 0 Å². The van der Waals surface area contributed by atoms with Gasteiger partial charge in [0.05, 0.1) is 16.1 Å². The fourth-order valence-electron chi connectivity index (χ4n) is 1.81. The molecule has 2 rings (SSSR count). The molecule has 0 aliphatic rings. The average molecular weight is 296 g/mol. The summed E-state index contributed by atoms with van der Waals surface area (Å²) < 4.78 is 0. The summed E-state index contributed by atoms with van der Waals surface area (Å²) >= 11 is 12.0. The quantitative estimate of drug-likeness (QED) is 0.932. The number of benzene rings is 1. The van der Waals surface area contributed by atoms with E-state index in [4.69, 9.17) is 23.2 Å². The van der Waals surface area contributed by atoms with Gasteiger partial charge in [0.2, 0.25) is 0 Å². The first-order chi connectivity index (χ1) is 9.11. The second-order valence-corrected chi connectivity index (χ2v) is 5.10. The predicted molar refractivity (Wildman–Crippen MR) is 78.8 cm³/mol. The molecular formula is C14H15Cl2N3. The van der Waals surface area contributed by atoms with Crippen LogP contribution in [0.15, 0.2) is 30.6 Å². The molecule has 0 radical (unpaired) electrons. The van der Waals surface area contributed by atoms with Crippen LogP contribution in [0.1, 0.15) is 29.9 Å². The normalized spacial score (nSPS) is 12.4. The lowest BCUT2D eigenvalue weighted by Gasteiger charge is -2.17. The highest BCUT2D eigenvalue weighted by Crippen LogP contribution is 2.27. The Balaban J connectivity index is 2.38.